The van der Waals surface area contributed by atoms with E-state index in [0.717, 1.165) is 5.56 Å². The van der Waals surface area contributed by atoms with Crippen LogP contribution in [0.4, 0.5) is 5.69 Å². The van der Waals surface area contributed by atoms with Gasteiger partial charge in [0.15, 0.2) is 0 Å². The highest BCUT2D eigenvalue weighted by atomic mass is 35.5. The summed E-state index contributed by atoms with van der Waals surface area (Å²) < 4.78 is 4.87. The number of hydrogen-bond donors (Lipinski definition) is 1. The lowest BCUT2D eigenvalue weighted by atomic mass is 10.2. The molecule has 1 aromatic heterocycles. The number of benzene rings is 1. The fraction of sp³-hybridized carbons (Fsp3) is 0.167. The molecule has 1 aromatic carbocycles. The number of nitrogens with one attached hydrogen (secondary N) is 1. The van der Waals surface area contributed by atoms with Crippen LogP contribution in [0, 0.1) is 13.8 Å². The minimum atomic E-state index is -0.323. The van der Waals surface area contributed by atoms with Gasteiger partial charge in [0.25, 0.3) is 5.91 Å². The summed E-state index contributed by atoms with van der Waals surface area (Å²) in [7, 11) is 0. The van der Waals surface area contributed by atoms with Crippen molar-refractivity contribution in [1.29, 1.82) is 0 Å². The Bertz CT molecular complexity index is 563. The Morgan fingerprint density at radius 3 is 2.71 bits per heavy atom. The van der Waals surface area contributed by atoms with Crippen LogP contribution < -0.4 is 5.32 Å². The van der Waals surface area contributed by atoms with E-state index >= 15 is 0 Å². The molecule has 0 aliphatic rings. The van der Waals surface area contributed by atoms with Gasteiger partial charge in [-0.2, -0.15) is 0 Å². The number of carbonyl (C=O) groups excluding carboxylic acids is 1. The van der Waals surface area contributed by atoms with Gasteiger partial charge in [-0.25, -0.2) is 0 Å². The Labute approximate surface area is 104 Å². The number of carbonyl (C=O) groups is 1. The average molecular weight is 251 g/mol. The summed E-state index contributed by atoms with van der Waals surface area (Å²) in [5.41, 5.74) is 2.26. The second-order valence-corrected chi connectivity index (χ2v) is 4.18. The predicted octanol–water partition coefficient (Wildman–Crippen LogP) is 3.20. The predicted molar refractivity (Wildman–Crippen MR) is 65.4 cm³/mol. The van der Waals surface area contributed by atoms with Crippen LogP contribution in [0.15, 0.2) is 28.8 Å². The van der Waals surface area contributed by atoms with E-state index in [1.165, 1.54) is 0 Å². The van der Waals surface area contributed by atoms with Crippen LogP contribution in [0.1, 0.15) is 21.8 Å². The molecule has 2 aromatic rings. The molecule has 0 saturated heterocycles. The monoisotopic (exact) mass is 250 g/mol. The van der Waals surface area contributed by atoms with Gasteiger partial charge in [0.1, 0.15) is 0 Å². The smallest absolute Gasteiger partial charge is 0.294 e. The van der Waals surface area contributed by atoms with E-state index in [2.05, 4.69) is 10.5 Å². The first kappa shape index (κ1) is 11.7. The highest BCUT2D eigenvalue weighted by molar-refractivity contribution is 6.30. The first-order chi connectivity index (χ1) is 8.06. The molecule has 0 radical (unpaired) electrons. The van der Waals surface area contributed by atoms with Gasteiger partial charge in [0.05, 0.1) is 5.69 Å². The van der Waals surface area contributed by atoms with Gasteiger partial charge in [0, 0.05) is 16.8 Å². The Morgan fingerprint density at radius 2 is 2.12 bits per heavy atom. The fourth-order valence-corrected chi connectivity index (χ4v) is 1.65. The Balaban J connectivity index is 2.18. The van der Waals surface area contributed by atoms with Gasteiger partial charge in [-0.05, 0) is 37.6 Å². The average Bonchev–Trinajstić information content (AvgIpc) is 2.69. The summed E-state index contributed by atoms with van der Waals surface area (Å²) in [5.74, 6) is -0.132. The first-order valence-electron chi connectivity index (χ1n) is 5.07. The van der Waals surface area contributed by atoms with Crippen molar-refractivity contribution in [2.75, 3.05) is 5.32 Å². The van der Waals surface area contributed by atoms with Gasteiger partial charge in [-0.3, -0.25) is 4.79 Å². The summed E-state index contributed by atoms with van der Waals surface area (Å²) in [4.78, 5) is 11.8. The number of hydrogen-bond acceptors (Lipinski definition) is 3. The van der Waals surface area contributed by atoms with Crippen LogP contribution in [-0.2, 0) is 0 Å². The number of rotatable bonds is 2. The number of anilines is 1. The lowest BCUT2D eigenvalue weighted by Gasteiger charge is -2.06. The van der Waals surface area contributed by atoms with E-state index in [0.29, 0.717) is 16.4 Å². The number of nitrogens with zero attached hydrogens (tertiary/aromatic N) is 1. The molecule has 1 amide bonds. The molecular formula is C12H11ClN2O2. The molecule has 1 N–H and O–H groups in total. The molecule has 1 heterocycles. The molecule has 2 rings (SSSR count). The molecular weight excluding hydrogens is 240 g/mol. The Morgan fingerprint density at radius 1 is 1.35 bits per heavy atom. The molecule has 0 unspecified atom stereocenters. The molecule has 0 saturated carbocycles. The molecule has 0 aliphatic carbocycles. The van der Waals surface area contributed by atoms with Crippen molar-refractivity contribution < 1.29 is 9.32 Å². The maximum Gasteiger partial charge on any atom is 0.294 e. The zero-order chi connectivity index (χ0) is 12.4. The van der Waals surface area contributed by atoms with E-state index in [-0.39, 0.29) is 11.7 Å². The third-order valence-corrected chi connectivity index (χ3v) is 2.52. The van der Waals surface area contributed by atoms with Gasteiger partial charge in [-0.15, -0.1) is 0 Å². The van der Waals surface area contributed by atoms with E-state index in [9.17, 15) is 4.79 Å². The molecule has 5 heteroatoms. The zero-order valence-electron chi connectivity index (χ0n) is 9.45. The summed E-state index contributed by atoms with van der Waals surface area (Å²) in [6.45, 7) is 3.63. The van der Waals surface area contributed by atoms with Crippen molar-refractivity contribution in [3.8, 4) is 0 Å². The fourth-order valence-electron chi connectivity index (χ4n) is 1.42. The molecule has 0 spiro atoms. The molecule has 17 heavy (non-hydrogen) atoms. The maximum atomic E-state index is 11.8. The number of aromatic nitrogens is 1. The minimum Gasteiger partial charge on any atom is -0.351 e. The third kappa shape index (κ3) is 2.65. The quantitative estimate of drug-likeness (QED) is 0.891. The van der Waals surface area contributed by atoms with E-state index in [4.69, 9.17) is 16.1 Å². The normalized spacial score (nSPS) is 10.3. The molecule has 0 fully saturated rings. The van der Waals surface area contributed by atoms with E-state index in [1.54, 1.807) is 31.2 Å². The van der Waals surface area contributed by atoms with Crippen LogP contribution >= 0.6 is 11.6 Å². The van der Waals surface area contributed by atoms with Gasteiger partial charge < -0.3 is 9.84 Å². The largest absolute Gasteiger partial charge is 0.351 e. The van der Waals surface area contributed by atoms with Crippen molar-refractivity contribution in [2.24, 2.45) is 0 Å². The molecule has 88 valence electrons. The van der Waals surface area contributed by atoms with E-state index in [1.807, 2.05) is 6.92 Å². The topological polar surface area (TPSA) is 55.1 Å². The number of aryl methyl sites for hydroxylation is 2. The SMILES string of the molecule is Cc1cc(C(=O)Nc2ccc(Cl)cc2C)on1. The van der Waals surface area contributed by atoms with Crippen molar-refractivity contribution in [3.63, 3.8) is 0 Å². The standard InChI is InChI=1S/C12H11ClN2O2/c1-7-5-9(13)3-4-10(7)14-12(16)11-6-8(2)15-17-11/h3-6H,1-2H3,(H,14,16). The summed E-state index contributed by atoms with van der Waals surface area (Å²) >= 11 is 5.83. The molecule has 0 bridgehead atoms. The highest BCUT2D eigenvalue weighted by Crippen LogP contribution is 2.20. The van der Waals surface area contributed by atoms with Crippen LogP contribution in [0.3, 0.4) is 0 Å². The van der Waals surface area contributed by atoms with Gasteiger partial charge in [-0.1, -0.05) is 16.8 Å². The minimum absolute atomic E-state index is 0.192. The molecule has 0 atom stereocenters. The lowest BCUT2D eigenvalue weighted by Crippen LogP contribution is -2.11. The molecule has 0 aliphatic heterocycles. The van der Waals surface area contributed by atoms with Gasteiger partial charge in [0.2, 0.25) is 5.76 Å². The second-order valence-electron chi connectivity index (χ2n) is 3.75. The van der Waals surface area contributed by atoms with Crippen molar-refractivity contribution >= 4 is 23.2 Å². The van der Waals surface area contributed by atoms with Gasteiger partial charge >= 0.3 is 0 Å². The zero-order valence-corrected chi connectivity index (χ0v) is 10.2. The Hall–Kier alpha value is -1.81. The molecule has 4 nitrogen and oxygen atoms in total. The number of amides is 1. The Kier molecular flexibility index (Phi) is 3.15. The van der Waals surface area contributed by atoms with Crippen LogP contribution in [-0.4, -0.2) is 11.1 Å². The number of halogens is 1. The van der Waals surface area contributed by atoms with Crippen molar-refractivity contribution in [2.45, 2.75) is 13.8 Å². The van der Waals surface area contributed by atoms with Crippen LogP contribution in [0.25, 0.3) is 0 Å². The second kappa shape index (κ2) is 4.59. The third-order valence-electron chi connectivity index (χ3n) is 2.29. The summed E-state index contributed by atoms with van der Waals surface area (Å²) in [6.07, 6.45) is 0. The maximum absolute atomic E-state index is 11.8. The summed E-state index contributed by atoms with van der Waals surface area (Å²) in [6, 6.07) is 6.83. The van der Waals surface area contributed by atoms with E-state index < -0.39 is 0 Å². The van der Waals surface area contributed by atoms with Crippen molar-refractivity contribution in [3.05, 3.63) is 46.3 Å². The highest BCUT2D eigenvalue weighted by Gasteiger charge is 2.12. The summed E-state index contributed by atoms with van der Waals surface area (Å²) in [5, 5.41) is 7.03. The van der Waals surface area contributed by atoms with Crippen LogP contribution in [0.2, 0.25) is 5.02 Å². The lowest BCUT2D eigenvalue weighted by molar-refractivity contribution is 0.0988. The van der Waals surface area contributed by atoms with Crippen molar-refractivity contribution in [1.82, 2.24) is 5.16 Å². The van der Waals surface area contributed by atoms with Crippen LogP contribution in [0.5, 0.6) is 0 Å². The first-order valence-corrected chi connectivity index (χ1v) is 5.45.